The molecule has 0 atom stereocenters. The van der Waals surface area contributed by atoms with Crippen LogP contribution in [0.15, 0.2) is 0 Å². The summed E-state index contributed by atoms with van der Waals surface area (Å²) in [7, 11) is 1.38. The monoisotopic (exact) mass is 208 g/mol. The van der Waals surface area contributed by atoms with Gasteiger partial charge in [0, 0.05) is 11.3 Å². The maximum absolute atomic E-state index is 11.0. The van der Waals surface area contributed by atoms with Gasteiger partial charge in [0.2, 0.25) is 0 Å². The minimum atomic E-state index is -0.412. The molecule has 0 N–H and O–H groups in total. The maximum atomic E-state index is 11.0. The van der Waals surface area contributed by atoms with Crippen molar-refractivity contribution in [3.8, 4) is 11.8 Å². The Morgan fingerprint density at radius 3 is 2.47 bits per heavy atom. The molecule has 0 spiro atoms. The Bertz CT molecular complexity index is 275. The number of carbonyl (C=O) groups excluding carboxylic acids is 1. The first kappa shape index (κ1) is 12.1. The van der Waals surface area contributed by atoms with Crippen LogP contribution in [0.2, 0.25) is 0 Å². The van der Waals surface area contributed by atoms with E-state index in [1.165, 1.54) is 20.0 Å². The molecule has 0 aromatic rings. The lowest BCUT2D eigenvalue weighted by atomic mass is 9.79. The second-order valence-corrected chi connectivity index (χ2v) is 4.83. The molecule has 0 radical (unpaired) electrons. The van der Waals surface area contributed by atoms with Gasteiger partial charge in [0.05, 0.1) is 7.11 Å². The summed E-state index contributed by atoms with van der Waals surface area (Å²) in [5.41, 5.74) is 0.0857. The number of methoxy groups -OCH3 is 1. The zero-order chi connectivity index (χ0) is 11.3. The van der Waals surface area contributed by atoms with E-state index in [-0.39, 0.29) is 5.41 Å². The quantitative estimate of drug-likeness (QED) is 0.396. The third-order valence-electron chi connectivity index (χ3n) is 2.97. The molecule has 84 valence electrons. The first-order chi connectivity index (χ1) is 7.08. The lowest BCUT2D eigenvalue weighted by Crippen LogP contribution is -2.17. The molecule has 0 saturated heterocycles. The Balaban J connectivity index is 2.71. The highest BCUT2D eigenvalue weighted by molar-refractivity contribution is 5.88. The summed E-state index contributed by atoms with van der Waals surface area (Å²) < 4.78 is 4.55. The second-order valence-electron chi connectivity index (χ2n) is 4.83. The van der Waals surface area contributed by atoms with E-state index in [9.17, 15) is 4.79 Å². The van der Waals surface area contributed by atoms with Crippen molar-refractivity contribution in [3.05, 3.63) is 0 Å². The fourth-order valence-electron chi connectivity index (χ4n) is 2.45. The van der Waals surface area contributed by atoms with Crippen LogP contribution in [-0.4, -0.2) is 13.1 Å². The zero-order valence-electron chi connectivity index (χ0n) is 9.93. The van der Waals surface area contributed by atoms with Gasteiger partial charge in [0.15, 0.2) is 0 Å². The lowest BCUT2D eigenvalue weighted by molar-refractivity contribution is -0.133. The standard InChI is InChI=1S/C13H20O2/c1-11(2)10-13(7-4-5-8-13)9-6-12(14)15-3/h11H,4-5,7-8,10H2,1-3H3. The van der Waals surface area contributed by atoms with Gasteiger partial charge in [-0.2, -0.15) is 0 Å². The lowest BCUT2D eigenvalue weighted by Gasteiger charge is -2.24. The molecule has 0 aliphatic heterocycles. The van der Waals surface area contributed by atoms with Gasteiger partial charge < -0.3 is 4.74 Å². The average Bonchev–Trinajstić information content (AvgIpc) is 2.62. The molecule has 1 fully saturated rings. The van der Waals surface area contributed by atoms with Crippen LogP contribution in [0.3, 0.4) is 0 Å². The van der Waals surface area contributed by atoms with Crippen molar-refractivity contribution in [1.82, 2.24) is 0 Å². The number of hydrogen-bond acceptors (Lipinski definition) is 2. The molecule has 0 amide bonds. The van der Waals surface area contributed by atoms with Gasteiger partial charge in [-0.15, -0.1) is 0 Å². The van der Waals surface area contributed by atoms with Gasteiger partial charge in [-0.3, -0.25) is 0 Å². The molecule has 0 aromatic carbocycles. The number of carbonyl (C=O) groups is 1. The molecule has 0 bridgehead atoms. The Morgan fingerprint density at radius 1 is 1.40 bits per heavy atom. The van der Waals surface area contributed by atoms with Crippen molar-refractivity contribution in [2.24, 2.45) is 11.3 Å². The fourth-order valence-corrected chi connectivity index (χ4v) is 2.45. The molecule has 2 nitrogen and oxygen atoms in total. The molecule has 0 aromatic heterocycles. The van der Waals surface area contributed by atoms with Gasteiger partial charge in [0.1, 0.15) is 0 Å². The Morgan fingerprint density at radius 2 is 2.00 bits per heavy atom. The van der Waals surface area contributed by atoms with Gasteiger partial charge >= 0.3 is 5.97 Å². The molecule has 2 heteroatoms. The van der Waals surface area contributed by atoms with E-state index >= 15 is 0 Å². The van der Waals surface area contributed by atoms with E-state index in [2.05, 4.69) is 30.4 Å². The molecular formula is C13H20O2. The summed E-state index contributed by atoms with van der Waals surface area (Å²) in [5.74, 6) is 5.98. The number of esters is 1. The molecule has 0 heterocycles. The van der Waals surface area contributed by atoms with Crippen LogP contribution < -0.4 is 0 Å². The third-order valence-corrected chi connectivity index (χ3v) is 2.97. The van der Waals surface area contributed by atoms with Crippen molar-refractivity contribution in [2.75, 3.05) is 7.11 Å². The predicted octanol–water partition coefficient (Wildman–Crippen LogP) is 2.77. The topological polar surface area (TPSA) is 26.3 Å². The number of rotatable bonds is 2. The molecule has 1 aliphatic rings. The summed E-state index contributed by atoms with van der Waals surface area (Å²) in [6.45, 7) is 4.42. The first-order valence-corrected chi connectivity index (χ1v) is 5.69. The van der Waals surface area contributed by atoms with E-state index in [0.717, 1.165) is 19.3 Å². The Hall–Kier alpha value is -0.970. The number of hydrogen-bond donors (Lipinski definition) is 0. The minimum Gasteiger partial charge on any atom is -0.459 e. The zero-order valence-corrected chi connectivity index (χ0v) is 9.93. The van der Waals surface area contributed by atoms with Crippen molar-refractivity contribution >= 4 is 5.97 Å². The van der Waals surface area contributed by atoms with Crippen LogP contribution in [0.25, 0.3) is 0 Å². The van der Waals surface area contributed by atoms with Crippen LogP contribution in [0.1, 0.15) is 46.0 Å². The molecule has 1 rings (SSSR count). The molecule has 1 saturated carbocycles. The predicted molar refractivity (Wildman–Crippen MR) is 60.1 cm³/mol. The third kappa shape index (κ3) is 3.58. The molecule has 15 heavy (non-hydrogen) atoms. The summed E-state index contributed by atoms with van der Waals surface area (Å²) in [6.07, 6.45) is 5.84. The van der Waals surface area contributed by atoms with Crippen molar-refractivity contribution in [2.45, 2.75) is 46.0 Å². The van der Waals surface area contributed by atoms with E-state index in [1.807, 2.05) is 0 Å². The van der Waals surface area contributed by atoms with Crippen molar-refractivity contribution < 1.29 is 9.53 Å². The van der Waals surface area contributed by atoms with Gasteiger partial charge in [-0.05, 0) is 25.2 Å². The van der Waals surface area contributed by atoms with Gasteiger partial charge in [-0.1, -0.05) is 32.6 Å². The second kappa shape index (κ2) is 5.21. The van der Waals surface area contributed by atoms with E-state index < -0.39 is 5.97 Å². The normalized spacial score (nSPS) is 18.4. The molecule has 1 aliphatic carbocycles. The van der Waals surface area contributed by atoms with Crippen molar-refractivity contribution in [1.29, 1.82) is 0 Å². The van der Waals surface area contributed by atoms with Crippen LogP contribution >= 0.6 is 0 Å². The van der Waals surface area contributed by atoms with Gasteiger partial charge in [-0.25, -0.2) is 4.79 Å². The average molecular weight is 208 g/mol. The van der Waals surface area contributed by atoms with Gasteiger partial charge in [0.25, 0.3) is 0 Å². The summed E-state index contributed by atoms with van der Waals surface area (Å²) in [5, 5.41) is 0. The van der Waals surface area contributed by atoms with Crippen LogP contribution in [0, 0.1) is 23.2 Å². The molecule has 0 unspecified atom stereocenters. The minimum absolute atomic E-state index is 0.0857. The largest absolute Gasteiger partial charge is 0.459 e. The van der Waals surface area contributed by atoms with E-state index in [4.69, 9.17) is 0 Å². The van der Waals surface area contributed by atoms with E-state index in [1.54, 1.807) is 0 Å². The molecular weight excluding hydrogens is 188 g/mol. The summed E-state index contributed by atoms with van der Waals surface area (Å²) in [6, 6.07) is 0. The highest BCUT2D eigenvalue weighted by Crippen LogP contribution is 2.42. The summed E-state index contributed by atoms with van der Waals surface area (Å²) >= 11 is 0. The highest BCUT2D eigenvalue weighted by Gasteiger charge is 2.32. The first-order valence-electron chi connectivity index (χ1n) is 5.69. The maximum Gasteiger partial charge on any atom is 0.384 e. The summed E-state index contributed by atoms with van der Waals surface area (Å²) in [4.78, 5) is 11.0. The Kier molecular flexibility index (Phi) is 4.20. The highest BCUT2D eigenvalue weighted by atomic mass is 16.5. The Labute approximate surface area is 92.4 Å². The van der Waals surface area contributed by atoms with Crippen LogP contribution in [0.4, 0.5) is 0 Å². The van der Waals surface area contributed by atoms with Crippen molar-refractivity contribution in [3.63, 3.8) is 0 Å². The van der Waals surface area contributed by atoms with Crippen LogP contribution in [-0.2, 0) is 9.53 Å². The SMILES string of the molecule is COC(=O)C#CC1(CC(C)C)CCCC1. The van der Waals surface area contributed by atoms with E-state index in [0.29, 0.717) is 5.92 Å². The number of ether oxygens (including phenoxy) is 1. The fraction of sp³-hybridized carbons (Fsp3) is 0.769. The smallest absolute Gasteiger partial charge is 0.384 e. The van der Waals surface area contributed by atoms with Crippen LogP contribution in [0.5, 0.6) is 0 Å².